The SMILES string of the molecule is CCNc1cc(NCCc2ccnn2C)nc(C2CC2)n1. The van der Waals surface area contributed by atoms with Gasteiger partial charge in [0.15, 0.2) is 0 Å². The molecule has 0 bridgehead atoms. The van der Waals surface area contributed by atoms with Crippen molar-refractivity contribution in [1.29, 1.82) is 0 Å². The molecule has 1 aliphatic rings. The molecular formula is C15H22N6. The number of nitrogens with one attached hydrogen (secondary N) is 2. The molecule has 3 rings (SSSR count). The topological polar surface area (TPSA) is 67.7 Å². The minimum absolute atomic E-state index is 0.557. The Bertz CT molecular complexity index is 602. The van der Waals surface area contributed by atoms with Gasteiger partial charge < -0.3 is 10.6 Å². The number of aromatic nitrogens is 4. The van der Waals surface area contributed by atoms with E-state index in [1.54, 1.807) is 0 Å². The average Bonchev–Trinajstić information content (AvgIpc) is 3.24. The van der Waals surface area contributed by atoms with Gasteiger partial charge in [-0.1, -0.05) is 0 Å². The molecule has 1 aliphatic carbocycles. The molecule has 2 N–H and O–H groups in total. The van der Waals surface area contributed by atoms with E-state index >= 15 is 0 Å². The van der Waals surface area contributed by atoms with Gasteiger partial charge in [0.2, 0.25) is 0 Å². The first-order chi connectivity index (χ1) is 10.3. The maximum Gasteiger partial charge on any atom is 0.136 e. The summed E-state index contributed by atoms with van der Waals surface area (Å²) in [6.45, 7) is 3.79. The summed E-state index contributed by atoms with van der Waals surface area (Å²) < 4.78 is 1.90. The Kier molecular flexibility index (Phi) is 4.03. The highest BCUT2D eigenvalue weighted by molar-refractivity contribution is 5.48. The van der Waals surface area contributed by atoms with Crippen LogP contribution in [0, 0.1) is 0 Å². The lowest BCUT2D eigenvalue weighted by atomic mass is 10.3. The molecule has 0 saturated heterocycles. The predicted molar refractivity (Wildman–Crippen MR) is 83.6 cm³/mol. The molecule has 112 valence electrons. The molecule has 6 heteroatoms. The van der Waals surface area contributed by atoms with Crippen molar-refractivity contribution >= 4 is 11.6 Å². The summed E-state index contributed by atoms with van der Waals surface area (Å²) in [6, 6.07) is 4.03. The average molecular weight is 286 g/mol. The molecule has 2 heterocycles. The van der Waals surface area contributed by atoms with E-state index in [2.05, 4.69) is 32.6 Å². The number of hydrogen-bond donors (Lipinski definition) is 2. The normalized spacial score (nSPS) is 14.2. The zero-order chi connectivity index (χ0) is 14.7. The molecule has 1 saturated carbocycles. The highest BCUT2D eigenvalue weighted by Crippen LogP contribution is 2.38. The van der Waals surface area contributed by atoms with Crippen molar-refractivity contribution in [1.82, 2.24) is 19.7 Å². The van der Waals surface area contributed by atoms with Gasteiger partial charge in [0.25, 0.3) is 0 Å². The fourth-order valence-electron chi connectivity index (χ4n) is 2.32. The van der Waals surface area contributed by atoms with Gasteiger partial charge in [0.1, 0.15) is 17.5 Å². The first-order valence-corrected chi connectivity index (χ1v) is 7.60. The number of nitrogens with zero attached hydrogens (tertiary/aromatic N) is 4. The van der Waals surface area contributed by atoms with Crippen LogP contribution in [-0.2, 0) is 13.5 Å². The number of rotatable bonds is 7. The van der Waals surface area contributed by atoms with E-state index in [1.807, 2.05) is 30.1 Å². The molecule has 1 fully saturated rings. The quantitative estimate of drug-likeness (QED) is 0.816. The monoisotopic (exact) mass is 286 g/mol. The van der Waals surface area contributed by atoms with E-state index in [9.17, 15) is 0 Å². The van der Waals surface area contributed by atoms with Crippen LogP contribution in [0.2, 0.25) is 0 Å². The largest absolute Gasteiger partial charge is 0.370 e. The number of anilines is 2. The van der Waals surface area contributed by atoms with Gasteiger partial charge in [0.05, 0.1) is 0 Å². The van der Waals surface area contributed by atoms with Gasteiger partial charge in [-0.25, -0.2) is 9.97 Å². The summed E-state index contributed by atoms with van der Waals surface area (Å²) in [6.07, 6.45) is 5.18. The van der Waals surface area contributed by atoms with Crippen molar-refractivity contribution in [2.45, 2.75) is 32.1 Å². The summed E-state index contributed by atoms with van der Waals surface area (Å²) in [7, 11) is 1.97. The Morgan fingerprint density at radius 3 is 2.62 bits per heavy atom. The van der Waals surface area contributed by atoms with Crippen molar-refractivity contribution in [3.63, 3.8) is 0 Å². The maximum atomic E-state index is 4.63. The Labute approximate surface area is 125 Å². The van der Waals surface area contributed by atoms with Crippen molar-refractivity contribution in [3.05, 3.63) is 29.8 Å². The van der Waals surface area contributed by atoms with Crippen molar-refractivity contribution in [3.8, 4) is 0 Å². The van der Waals surface area contributed by atoms with Crippen molar-refractivity contribution < 1.29 is 0 Å². The van der Waals surface area contributed by atoms with Crippen LogP contribution in [0.1, 0.15) is 37.2 Å². The van der Waals surface area contributed by atoms with Crippen LogP contribution in [0.5, 0.6) is 0 Å². The van der Waals surface area contributed by atoms with Crippen LogP contribution in [-0.4, -0.2) is 32.8 Å². The Morgan fingerprint density at radius 1 is 1.24 bits per heavy atom. The molecule has 2 aromatic heterocycles. The molecule has 0 aromatic carbocycles. The third-order valence-electron chi connectivity index (χ3n) is 3.65. The van der Waals surface area contributed by atoms with Crippen LogP contribution in [0.3, 0.4) is 0 Å². The summed E-state index contributed by atoms with van der Waals surface area (Å²) in [4.78, 5) is 9.22. The first kappa shape index (κ1) is 13.9. The Hall–Kier alpha value is -2.11. The zero-order valence-electron chi connectivity index (χ0n) is 12.6. The second-order valence-corrected chi connectivity index (χ2v) is 5.42. The molecule has 0 atom stereocenters. The molecule has 2 aromatic rings. The molecule has 21 heavy (non-hydrogen) atoms. The van der Waals surface area contributed by atoms with E-state index in [4.69, 9.17) is 0 Å². The highest BCUT2D eigenvalue weighted by Gasteiger charge is 2.27. The second-order valence-electron chi connectivity index (χ2n) is 5.42. The van der Waals surface area contributed by atoms with Crippen LogP contribution in [0.4, 0.5) is 11.6 Å². The standard InChI is InChI=1S/C15H22N6/c1-3-16-13-10-14(20-15(19-13)11-4-5-11)17-8-6-12-7-9-18-21(12)2/h7,9-11H,3-6,8H2,1-2H3,(H2,16,17,19,20). The molecule has 0 aliphatic heterocycles. The summed E-state index contributed by atoms with van der Waals surface area (Å²) >= 11 is 0. The minimum Gasteiger partial charge on any atom is -0.370 e. The molecule has 0 radical (unpaired) electrons. The smallest absolute Gasteiger partial charge is 0.136 e. The fourth-order valence-corrected chi connectivity index (χ4v) is 2.32. The van der Waals surface area contributed by atoms with Gasteiger partial charge in [-0.15, -0.1) is 0 Å². The third-order valence-corrected chi connectivity index (χ3v) is 3.65. The summed E-state index contributed by atoms with van der Waals surface area (Å²) in [5, 5.41) is 10.9. The Morgan fingerprint density at radius 2 is 2.00 bits per heavy atom. The molecule has 0 unspecified atom stereocenters. The summed E-state index contributed by atoms with van der Waals surface area (Å²) in [5.41, 5.74) is 1.21. The van der Waals surface area contributed by atoms with Gasteiger partial charge in [-0.3, -0.25) is 4.68 Å². The van der Waals surface area contributed by atoms with Gasteiger partial charge in [0, 0.05) is 50.4 Å². The molecule has 0 amide bonds. The van der Waals surface area contributed by atoms with E-state index < -0.39 is 0 Å². The predicted octanol–water partition coefficient (Wildman–Crippen LogP) is 2.17. The van der Waals surface area contributed by atoms with Crippen LogP contribution in [0.15, 0.2) is 18.3 Å². The summed E-state index contributed by atoms with van der Waals surface area (Å²) in [5.74, 6) is 3.35. The van der Waals surface area contributed by atoms with Crippen LogP contribution >= 0.6 is 0 Å². The van der Waals surface area contributed by atoms with Crippen LogP contribution in [0.25, 0.3) is 0 Å². The fraction of sp³-hybridized carbons (Fsp3) is 0.533. The minimum atomic E-state index is 0.557. The zero-order valence-corrected chi connectivity index (χ0v) is 12.6. The Balaban J connectivity index is 1.64. The number of aryl methyl sites for hydroxylation is 1. The van der Waals surface area contributed by atoms with Gasteiger partial charge >= 0.3 is 0 Å². The third kappa shape index (κ3) is 3.51. The first-order valence-electron chi connectivity index (χ1n) is 7.60. The molecule has 6 nitrogen and oxygen atoms in total. The lowest BCUT2D eigenvalue weighted by molar-refractivity contribution is 0.710. The maximum absolute atomic E-state index is 4.63. The van der Waals surface area contributed by atoms with Crippen LogP contribution < -0.4 is 10.6 Å². The van der Waals surface area contributed by atoms with Gasteiger partial charge in [-0.05, 0) is 25.8 Å². The highest BCUT2D eigenvalue weighted by atomic mass is 15.3. The molecule has 0 spiro atoms. The van der Waals surface area contributed by atoms with E-state index in [1.165, 1.54) is 18.5 Å². The second kappa shape index (κ2) is 6.11. The lowest BCUT2D eigenvalue weighted by Gasteiger charge is -2.10. The van der Waals surface area contributed by atoms with E-state index in [0.29, 0.717) is 5.92 Å². The number of hydrogen-bond acceptors (Lipinski definition) is 5. The van der Waals surface area contributed by atoms with E-state index in [-0.39, 0.29) is 0 Å². The van der Waals surface area contributed by atoms with E-state index in [0.717, 1.165) is 37.0 Å². The molecular weight excluding hydrogens is 264 g/mol. The van der Waals surface area contributed by atoms with Crippen molar-refractivity contribution in [2.24, 2.45) is 7.05 Å². The lowest BCUT2D eigenvalue weighted by Crippen LogP contribution is -2.11. The van der Waals surface area contributed by atoms with Crippen molar-refractivity contribution in [2.75, 3.05) is 23.7 Å². The van der Waals surface area contributed by atoms with Gasteiger partial charge in [-0.2, -0.15) is 5.10 Å².